The minimum atomic E-state index is -3.00. The van der Waals surface area contributed by atoms with Gasteiger partial charge in [-0.05, 0) is 44.9 Å². The van der Waals surface area contributed by atoms with Crippen molar-refractivity contribution in [3.63, 3.8) is 0 Å². The van der Waals surface area contributed by atoms with Crippen LogP contribution in [0.1, 0.15) is 59.8 Å². The van der Waals surface area contributed by atoms with Crippen LogP contribution in [0.4, 0.5) is 0 Å². The van der Waals surface area contributed by atoms with Crippen molar-refractivity contribution in [2.24, 2.45) is 11.8 Å². The van der Waals surface area contributed by atoms with Crippen LogP contribution in [-0.4, -0.2) is 32.0 Å². The van der Waals surface area contributed by atoms with Crippen molar-refractivity contribution < 1.29 is 8.42 Å². The molecule has 2 atom stereocenters. The standard InChI is InChI=1S/C15H31NO2S/c1-12(2)9-13-7-6-8-14(10-13)16-11-15(3,4)19(5,17)18/h12-14,16H,6-11H2,1-5H3. The van der Waals surface area contributed by atoms with Crippen molar-refractivity contribution in [1.29, 1.82) is 0 Å². The lowest BCUT2D eigenvalue weighted by molar-refractivity contribution is 0.250. The topological polar surface area (TPSA) is 46.2 Å². The molecule has 1 saturated carbocycles. The van der Waals surface area contributed by atoms with Crippen LogP contribution >= 0.6 is 0 Å². The van der Waals surface area contributed by atoms with Gasteiger partial charge in [0.25, 0.3) is 0 Å². The van der Waals surface area contributed by atoms with Gasteiger partial charge in [0.15, 0.2) is 9.84 Å². The van der Waals surface area contributed by atoms with Gasteiger partial charge in [-0.2, -0.15) is 0 Å². The summed E-state index contributed by atoms with van der Waals surface area (Å²) in [5.41, 5.74) is 0. The molecule has 0 bridgehead atoms. The van der Waals surface area contributed by atoms with Gasteiger partial charge in [0.1, 0.15) is 0 Å². The highest BCUT2D eigenvalue weighted by Gasteiger charge is 2.31. The minimum absolute atomic E-state index is 0.499. The Morgan fingerprint density at radius 3 is 2.42 bits per heavy atom. The molecule has 1 rings (SSSR count). The molecule has 0 spiro atoms. The van der Waals surface area contributed by atoms with E-state index in [0.29, 0.717) is 12.6 Å². The predicted molar refractivity (Wildman–Crippen MR) is 82.1 cm³/mol. The van der Waals surface area contributed by atoms with Crippen molar-refractivity contribution in [2.45, 2.75) is 70.6 Å². The Balaban J connectivity index is 2.45. The Bertz CT molecular complexity index is 374. The van der Waals surface area contributed by atoms with Gasteiger partial charge in [-0.15, -0.1) is 0 Å². The summed E-state index contributed by atoms with van der Waals surface area (Å²) >= 11 is 0. The Hall–Kier alpha value is -0.0900. The SMILES string of the molecule is CC(C)CC1CCCC(NCC(C)(C)S(C)(=O)=O)C1. The molecule has 1 aliphatic carbocycles. The number of rotatable bonds is 6. The molecule has 1 aliphatic rings. The zero-order valence-corrected chi connectivity index (χ0v) is 14.0. The molecule has 0 aromatic carbocycles. The maximum absolute atomic E-state index is 11.7. The van der Waals surface area contributed by atoms with E-state index in [1.807, 2.05) is 13.8 Å². The van der Waals surface area contributed by atoms with Gasteiger partial charge in [0, 0.05) is 18.8 Å². The zero-order chi connectivity index (χ0) is 14.7. The van der Waals surface area contributed by atoms with Crippen LogP contribution in [0, 0.1) is 11.8 Å². The van der Waals surface area contributed by atoms with Crippen molar-refractivity contribution in [1.82, 2.24) is 5.32 Å². The van der Waals surface area contributed by atoms with E-state index in [0.717, 1.165) is 11.8 Å². The summed E-state index contributed by atoms with van der Waals surface area (Å²) in [7, 11) is -3.00. The van der Waals surface area contributed by atoms with E-state index in [9.17, 15) is 8.42 Å². The van der Waals surface area contributed by atoms with Crippen LogP contribution in [0.15, 0.2) is 0 Å². The largest absolute Gasteiger partial charge is 0.312 e. The third-order valence-electron chi connectivity index (χ3n) is 4.41. The highest BCUT2D eigenvalue weighted by atomic mass is 32.2. The monoisotopic (exact) mass is 289 g/mol. The first kappa shape index (κ1) is 17.0. The van der Waals surface area contributed by atoms with Gasteiger partial charge < -0.3 is 5.32 Å². The average molecular weight is 289 g/mol. The first-order valence-corrected chi connectivity index (χ1v) is 9.44. The molecule has 0 heterocycles. The molecule has 1 N–H and O–H groups in total. The number of nitrogens with one attached hydrogen (secondary N) is 1. The van der Waals surface area contributed by atoms with Crippen LogP contribution < -0.4 is 5.32 Å². The third-order valence-corrected chi connectivity index (χ3v) is 6.56. The summed E-state index contributed by atoms with van der Waals surface area (Å²) < 4.78 is 22.7. The van der Waals surface area contributed by atoms with E-state index in [2.05, 4.69) is 19.2 Å². The van der Waals surface area contributed by atoms with Crippen LogP contribution in [0.25, 0.3) is 0 Å². The van der Waals surface area contributed by atoms with E-state index in [1.54, 1.807) is 0 Å². The fourth-order valence-electron chi connectivity index (χ4n) is 2.88. The number of hydrogen-bond donors (Lipinski definition) is 1. The normalized spacial score (nSPS) is 25.8. The van der Waals surface area contributed by atoms with Crippen molar-refractivity contribution in [2.75, 3.05) is 12.8 Å². The lowest BCUT2D eigenvalue weighted by atomic mass is 9.81. The Labute approximate surface area is 119 Å². The first-order valence-electron chi connectivity index (χ1n) is 7.55. The zero-order valence-electron chi connectivity index (χ0n) is 13.2. The maximum atomic E-state index is 11.7. The smallest absolute Gasteiger partial charge is 0.153 e. The molecule has 0 amide bonds. The molecule has 0 aromatic heterocycles. The fraction of sp³-hybridized carbons (Fsp3) is 1.00. The quantitative estimate of drug-likeness (QED) is 0.817. The van der Waals surface area contributed by atoms with Gasteiger partial charge >= 0.3 is 0 Å². The second kappa shape index (κ2) is 6.57. The molecule has 19 heavy (non-hydrogen) atoms. The average Bonchev–Trinajstić information content (AvgIpc) is 2.24. The summed E-state index contributed by atoms with van der Waals surface area (Å²) in [5.74, 6) is 1.57. The second-order valence-electron chi connectivity index (χ2n) is 7.27. The molecule has 3 nitrogen and oxygen atoms in total. The molecule has 2 unspecified atom stereocenters. The Kier molecular flexibility index (Phi) is 5.87. The molecule has 4 heteroatoms. The molecule has 0 aliphatic heterocycles. The van der Waals surface area contributed by atoms with Crippen molar-refractivity contribution in [3.05, 3.63) is 0 Å². The van der Waals surface area contributed by atoms with Gasteiger partial charge in [0.2, 0.25) is 0 Å². The third kappa shape index (κ3) is 5.42. The van der Waals surface area contributed by atoms with Gasteiger partial charge in [-0.25, -0.2) is 8.42 Å². The fourth-order valence-corrected chi connectivity index (χ4v) is 3.22. The Morgan fingerprint density at radius 1 is 1.26 bits per heavy atom. The molecule has 114 valence electrons. The summed E-state index contributed by atoms with van der Waals surface area (Å²) in [4.78, 5) is 0. The molecule has 0 aromatic rings. The van der Waals surface area contributed by atoms with Crippen LogP contribution in [0.3, 0.4) is 0 Å². The van der Waals surface area contributed by atoms with E-state index >= 15 is 0 Å². The first-order chi connectivity index (χ1) is 8.62. The summed E-state index contributed by atoms with van der Waals surface area (Å²) in [6, 6.07) is 0.499. The van der Waals surface area contributed by atoms with E-state index in [4.69, 9.17) is 0 Å². The number of sulfone groups is 1. The van der Waals surface area contributed by atoms with E-state index in [-0.39, 0.29) is 0 Å². The molecular weight excluding hydrogens is 258 g/mol. The summed E-state index contributed by atoms with van der Waals surface area (Å²) in [6.07, 6.45) is 7.64. The molecule has 0 saturated heterocycles. The minimum Gasteiger partial charge on any atom is -0.312 e. The predicted octanol–water partition coefficient (Wildman–Crippen LogP) is 3.00. The van der Waals surface area contributed by atoms with Gasteiger partial charge in [0.05, 0.1) is 4.75 Å². The van der Waals surface area contributed by atoms with E-state index < -0.39 is 14.6 Å². The molecule has 1 fully saturated rings. The van der Waals surface area contributed by atoms with Crippen LogP contribution in [0.5, 0.6) is 0 Å². The molecular formula is C15H31NO2S. The van der Waals surface area contributed by atoms with Crippen LogP contribution in [-0.2, 0) is 9.84 Å². The number of hydrogen-bond acceptors (Lipinski definition) is 3. The maximum Gasteiger partial charge on any atom is 0.153 e. The van der Waals surface area contributed by atoms with E-state index in [1.165, 1.54) is 38.4 Å². The van der Waals surface area contributed by atoms with Crippen molar-refractivity contribution in [3.8, 4) is 0 Å². The molecule has 0 radical (unpaired) electrons. The summed E-state index contributed by atoms with van der Waals surface area (Å²) in [5, 5.41) is 3.49. The highest BCUT2D eigenvalue weighted by Crippen LogP contribution is 2.29. The lowest BCUT2D eigenvalue weighted by Gasteiger charge is -2.33. The van der Waals surface area contributed by atoms with Gasteiger partial charge in [-0.1, -0.05) is 26.7 Å². The lowest BCUT2D eigenvalue weighted by Crippen LogP contribution is -2.46. The van der Waals surface area contributed by atoms with Gasteiger partial charge in [-0.3, -0.25) is 0 Å². The van der Waals surface area contributed by atoms with Crippen molar-refractivity contribution >= 4 is 9.84 Å². The second-order valence-corrected chi connectivity index (χ2v) is 9.92. The Morgan fingerprint density at radius 2 is 1.89 bits per heavy atom. The summed E-state index contributed by atoms with van der Waals surface area (Å²) in [6.45, 7) is 8.74. The van der Waals surface area contributed by atoms with Crippen LogP contribution in [0.2, 0.25) is 0 Å². The highest BCUT2D eigenvalue weighted by molar-refractivity contribution is 7.92.